The van der Waals surface area contributed by atoms with Crippen LogP contribution in [0, 0.1) is 5.89 Å². The van der Waals surface area contributed by atoms with E-state index in [4.69, 9.17) is 6.11 Å². The Labute approximate surface area is 96.0 Å². The second-order valence-corrected chi connectivity index (χ2v) is 5.37. The van der Waals surface area contributed by atoms with Crippen LogP contribution in [0.25, 0.3) is 0 Å². The number of ether oxygens (including phenoxy) is 1. The van der Waals surface area contributed by atoms with Gasteiger partial charge < -0.3 is 4.74 Å². The molecule has 88 valence electrons. The molecule has 0 unspecified atom stereocenters. The number of hydrogen-bond donors (Lipinski definition) is 0. The molecule has 1 aliphatic carbocycles. The van der Waals surface area contributed by atoms with Gasteiger partial charge in [0.25, 0.3) is 0 Å². The minimum Gasteiger partial charge on any atom is -0.375 e. The summed E-state index contributed by atoms with van der Waals surface area (Å²) in [5, 5.41) is 0. The van der Waals surface area contributed by atoms with Crippen LogP contribution in [-0.2, 0) is 4.74 Å². The number of hydrogen-bond acceptors (Lipinski definition) is 1. The average Bonchev–Trinajstić information content (AvgIpc) is 2.66. The average molecular weight is 211 g/mol. The molecule has 1 atom stereocenters. The van der Waals surface area contributed by atoms with E-state index in [0.29, 0.717) is 0 Å². The van der Waals surface area contributed by atoms with E-state index >= 15 is 0 Å². The largest absolute Gasteiger partial charge is 0.375 e. The van der Waals surface area contributed by atoms with Gasteiger partial charge in [-0.15, -0.1) is 0 Å². The lowest BCUT2D eigenvalue weighted by atomic mass is 9.82. The standard InChI is InChI=1S/C14H26O/c1-2-3-4-7-13-8-11-15-14(12-13)9-5-6-10-14/h13H,2-12H2,1H3/t13-/m0/s1/i13D. The van der Waals surface area contributed by atoms with Crippen LogP contribution >= 0.6 is 0 Å². The SMILES string of the molecule is [2H][C@]1(CCCCC)CCOC2(CCCC2)C1. The molecule has 1 nitrogen and oxygen atoms in total. The molecule has 1 heteroatoms. The monoisotopic (exact) mass is 211 g/mol. The molecule has 0 aromatic rings. The zero-order chi connectivity index (χ0) is 11.5. The molecule has 1 heterocycles. The van der Waals surface area contributed by atoms with Crippen molar-refractivity contribution in [2.24, 2.45) is 5.89 Å². The van der Waals surface area contributed by atoms with Crippen molar-refractivity contribution in [1.29, 1.82) is 0 Å². The lowest BCUT2D eigenvalue weighted by Crippen LogP contribution is -2.37. The molecule has 0 aromatic carbocycles. The van der Waals surface area contributed by atoms with E-state index in [-0.39, 0.29) is 11.5 Å². The quantitative estimate of drug-likeness (QED) is 0.630. The molecule has 15 heavy (non-hydrogen) atoms. The summed E-state index contributed by atoms with van der Waals surface area (Å²) in [6.07, 6.45) is 11.9. The number of unbranched alkanes of at least 4 members (excludes halogenated alkanes) is 2. The second kappa shape index (κ2) is 5.34. The Hall–Kier alpha value is -0.0400. The van der Waals surface area contributed by atoms with Crippen molar-refractivity contribution >= 4 is 0 Å². The molecule has 0 bridgehead atoms. The molecule has 2 fully saturated rings. The highest BCUT2D eigenvalue weighted by Gasteiger charge is 2.39. The summed E-state index contributed by atoms with van der Waals surface area (Å²) in [4.78, 5) is 0. The van der Waals surface area contributed by atoms with Gasteiger partial charge in [0.05, 0.1) is 5.60 Å². The zero-order valence-corrected chi connectivity index (χ0v) is 10.2. The fourth-order valence-corrected chi connectivity index (χ4v) is 3.19. The van der Waals surface area contributed by atoms with Crippen molar-refractivity contribution in [2.45, 2.75) is 76.7 Å². The Morgan fingerprint density at radius 2 is 2.13 bits per heavy atom. The van der Waals surface area contributed by atoms with Crippen molar-refractivity contribution < 1.29 is 6.11 Å². The van der Waals surface area contributed by atoms with Crippen LogP contribution in [0.1, 0.15) is 72.5 Å². The van der Waals surface area contributed by atoms with Crippen molar-refractivity contribution in [3.8, 4) is 0 Å². The molecular formula is C14H26O. The Kier molecular flexibility index (Phi) is 3.61. The summed E-state index contributed by atoms with van der Waals surface area (Å²) in [6.45, 7) is 3.06. The maximum Gasteiger partial charge on any atom is 0.0685 e. The lowest BCUT2D eigenvalue weighted by molar-refractivity contribution is -0.0938. The summed E-state index contributed by atoms with van der Waals surface area (Å²) in [7, 11) is 0. The molecule has 0 aromatic heterocycles. The van der Waals surface area contributed by atoms with Crippen molar-refractivity contribution in [3.05, 3.63) is 0 Å². The first-order valence-electron chi connectivity index (χ1n) is 7.32. The van der Waals surface area contributed by atoms with E-state index in [0.717, 1.165) is 25.9 Å². The molecule has 0 N–H and O–H groups in total. The van der Waals surface area contributed by atoms with Crippen LogP contribution < -0.4 is 0 Å². The predicted octanol–water partition coefficient (Wildman–Crippen LogP) is 4.31. The maximum atomic E-state index is 8.61. The fraction of sp³-hybridized carbons (Fsp3) is 1.00. The highest BCUT2D eigenvalue weighted by atomic mass is 16.5. The molecule has 1 saturated carbocycles. The molecule has 1 saturated heterocycles. The Morgan fingerprint density at radius 3 is 2.87 bits per heavy atom. The Balaban J connectivity index is 1.89. The third-order valence-corrected chi connectivity index (χ3v) is 4.08. The molecule has 1 aliphatic heterocycles. The van der Waals surface area contributed by atoms with Gasteiger partial charge in [-0.2, -0.15) is 0 Å². The molecular weight excluding hydrogens is 184 g/mol. The third-order valence-electron chi connectivity index (χ3n) is 4.08. The maximum absolute atomic E-state index is 8.61. The normalized spacial score (nSPS) is 35.7. The smallest absolute Gasteiger partial charge is 0.0685 e. The zero-order valence-electron chi connectivity index (χ0n) is 11.2. The van der Waals surface area contributed by atoms with Crippen LogP contribution in [0.4, 0.5) is 0 Å². The van der Waals surface area contributed by atoms with E-state index in [1.54, 1.807) is 0 Å². The van der Waals surface area contributed by atoms with Gasteiger partial charge in [0.15, 0.2) is 0 Å². The summed E-state index contributed by atoms with van der Waals surface area (Å²) >= 11 is 0. The Bertz CT molecular complexity index is 223. The number of rotatable bonds is 4. The summed E-state index contributed by atoms with van der Waals surface area (Å²) < 4.78 is 14.6. The minimum atomic E-state index is -0.169. The van der Waals surface area contributed by atoms with Crippen LogP contribution in [0.5, 0.6) is 0 Å². The van der Waals surface area contributed by atoms with Gasteiger partial charge in [-0.25, -0.2) is 0 Å². The second-order valence-electron chi connectivity index (χ2n) is 5.37. The van der Waals surface area contributed by atoms with Gasteiger partial charge >= 0.3 is 0 Å². The van der Waals surface area contributed by atoms with Crippen LogP contribution in [0.3, 0.4) is 0 Å². The van der Waals surface area contributed by atoms with E-state index in [1.165, 1.54) is 44.9 Å². The highest BCUT2D eigenvalue weighted by Crippen LogP contribution is 2.43. The van der Waals surface area contributed by atoms with Crippen molar-refractivity contribution in [3.63, 3.8) is 0 Å². The first kappa shape index (κ1) is 10.1. The van der Waals surface area contributed by atoms with Gasteiger partial charge in [-0.3, -0.25) is 0 Å². The van der Waals surface area contributed by atoms with E-state index in [1.807, 2.05) is 0 Å². The van der Waals surface area contributed by atoms with E-state index in [2.05, 4.69) is 6.92 Å². The Morgan fingerprint density at radius 1 is 1.33 bits per heavy atom. The summed E-state index contributed by atoms with van der Waals surface area (Å²) in [6, 6.07) is 0. The predicted molar refractivity (Wildman–Crippen MR) is 64.0 cm³/mol. The van der Waals surface area contributed by atoms with Crippen LogP contribution in [0.15, 0.2) is 0 Å². The van der Waals surface area contributed by atoms with E-state index < -0.39 is 0 Å². The van der Waals surface area contributed by atoms with Crippen molar-refractivity contribution in [2.75, 3.05) is 6.61 Å². The van der Waals surface area contributed by atoms with Gasteiger partial charge in [0.2, 0.25) is 0 Å². The highest BCUT2D eigenvalue weighted by molar-refractivity contribution is 4.91. The van der Waals surface area contributed by atoms with Gasteiger partial charge in [0, 0.05) is 7.98 Å². The van der Waals surface area contributed by atoms with Gasteiger partial charge in [0.1, 0.15) is 0 Å². The molecule has 0 radical (unpaired) electrons. The first-order valence-corrected chi connectivity index (χ1v) is 6.82. The molecule has 2 rings (SSSR count). The molecule has 2 aliphatic rings. The summed E-state index contributed by atoms with van der Waals surface area (Å²) in [5.74, 6) is -0.169. The van der Waals surface area contributed by atoms with Gasteiger partial charge in [-0.05, 0) is 31.6 Å². The van der Waals surface area contributed by atoms with Crippen LogP contribution in [-0.4, -0.2) is 12.2 Å². The molecule has 0 amide bonds. The van der Waals surface area contributed by atoms with Crippen molar-refractivity contribution in [1.82, 2.24) is 0 Å². The lowest BCUT2D eigenvalue weighted by Gasteiger charge is -2.38. The fourth-order valence-electron chi connectivity index (χ4n) is 3.19. The summed E-state index contributed by atoms with van der Waals surface area (Å²) in [5.41, 5.74) is 0.117. The van der Waals surface area contributed by atoms with E-state index in [9.17, 15) is 0 Å². The first-order chi connectivity index (χ1) is 7.68. The minimum absolute atomic E-state index is 0.117. The topological polar surface area (TPSA) is 9.23 Å². The third kappa shape index (κ3) is 2.96. The molecule has 1 spiro atoms. The van der Waals surface area contributed by atoms with Crippen LogP contribution in [0.2, 0.25) is 0 Å². The van der Waals surface area contributed by atoms with Gasteiger partial charge in [-0.1, -0.05) is 45.4 Å².